The summed E-state index contributed by atoms with van der Waals surface area (Å²) < 4.78 is 12.7. The van der Waals surface area contributed by atoms with Crippen LogP contribution in [0.4, 0.5) is 5.69 Å². The fourth-order valence-corrected chi connectivity index (χ4v) is 4.88. The normalized spacial score (nSPS) is 14.4. The van der Waals surface area contributed by atoms with E-state index in [1.54, 1.807) is 18.2 Å². The summed E-state index contributed by atoms with van der Waals surface area (Å²) in [6, 6.07) is 22.7. The first-order valence-corrected chi connectivity index (χ1v) is 11.0. The second-order valence-corrected chi connectivity index (χ2v) is 8.63. The predicted octanol–water partition coefficient (Wildman–Crippen LogP) is 6.15. The van der Waals surface area contributed by atoms with E-state index in [1.807, 2.05) is 54.6 Å². The third kappa shape index (κ3) is 3.95. The molecule has 1 atom stereocenters. The summed E-state index contributed by atoms with van der Waals surface area (Å²) >= 11 is 13.0. The third-order valence-electron chi connectivity index (χ3n) is 4.71. The fourth-order valence-electron chi connectivity index (χ4n) is 3.26. The van der Waals surface area contributed by atoms with Crippen LogP contribution in [0.15, 0.2) is 72.8 Å². The first kappa shape index (κ1) is 19.8. The highest BCUT2D eigenvalue weighted by Gasteiger charge is 2.26. The number of hydrogen-bond acceptors (Lipinski definition) is 5. The van der Waals surface area contributed by atoms with Gasteiger partial charge in [-0.2, -0.15) is 0 Å². The van der Waals surface area contributed by atoms with Crippen LogP contribution in [0.3, 0.4) is 0 Å². The van der Waals surface area contributed by atoms with Crippen molar-refractivity contribution in [2.24, 2.45) is 0 Å². The highest BCUT2D eigenvalue weighted by atomic mass is 35.5. The van der Waals surface area contributed by atoms with Crippen LogP contribution in [0, 0.1) is 0 Å². The van der Waals surface area contributed by atoms with Crippen LogP contribution in [-0.2, 0) is 0 Å². The number of halogens is 1. The van der Waals surface area contributed by atoms with Crippen LogP contribution in [0.2, 0.25) is 5.02 Å². The van der Waals surface area contributed by atoms with Gasteiger partial charge in [0.2, 0.25) is 0 Å². The molecule has 0 aliphatic carbocycles. The van der Waals surface area contributed by atoms with E-state index < -0.39 is 6.29 Å². The molecule has 154 valence electrons. The molecular weight excluding hydrogens is 452 g/mol. The molecule has 0 bridgehead atoms. The van der Waals surface area contributed by atoms with E-state index in [9.17, 15) is 4.79 Å². The molecule has 1 aliphatic heterocycles. The standard InChI is InChI=1S/C23H15ClN2O3S2/c24-19-15-8-4-5-9-18(15)31-20(19)21(27)26-23(30)25-14-10-11-16-17(12-14)29-22(28-16)13-6-2-1-3-7-13/h1-12,22H,(H2,25,26,27,30). The maximum Gasteiger partial charge on any atom is 0.269 e. The van der Waals surface area contributed by atoms with Gasteiger partial charge in [0.15, 0.2) is 16.6 Å². The van der Waals surface area contributed by atoms with Gasteiger partial charge in [0.05, 0.1) is 5.02 Å². The van der Waals surface area contributed by atoms with E-state index in [4.69, 9.17) is 33.3 Å². The second kappa shape index (κ2) is 8.19. The van der Waals surface area contributed by atoms with Gasteiger partial charge in [0, 0.05) is 27.4 Å². The minimum absolute atomic E-state index is 0.164. The number of nitrogens with one attached hydrogen (secondary N) is 2. The Bertz CT molecular complexity index is 1310. The average molecular weight is 467 g/mol. The first-order valence-electron chi connectivity index (χ1n) is 9.40. The molecule has 3 aromatic carbocycles. The van der Waals surface area contributed by atoms with Crippen molar-refractivity contribution in [3.05, 3.63) is 88.3 Å². The van der Waals surface area contributed by atoms with Gasteiger partial charge < -0.3 is 14.8 Å². The average Bonchev–Trinajstić information content (AvgIpc) is 3.35. The van der Waals surface area contributed by atoms with Crippen LogP contribution in [0.25, 0.3) is 10.1 Å². The topological polar surface area (TPSA) is 59.6 Å². The van der Waals surface area contributed by atoms with Crippen LogP contribution >= 0.6 is 35.2 Å². The van der Waals surface area contributed by atoms with Crippen molar-refractivity contribution in [3.8, 4) is 11.5 Å². The van der Waals surface area contributed by atoms with Gasteiger partial charge in [-0.15, -0.1) is 11.3 Å². The van der Waals surface area contributed by atoms with Gasteiger partial charge in [0.1, 0.15) is 4.88 Å². The van der Waals surface area contributed by atoms with Crippen molar-refractivity contribution < 1.29 is 14.3 Å². The van der Waals surface area contributed by atoms with Crippen molar-refractivity contribution in [1.82, 2.24) is 5.32 Å². The van der Waals surface area contributed by atoms with Crippen LogP contribution < -0.4 is 20.1 Å². The Labute approximate surface area is 192 Å². The van der Waals surface area contributed by atoms with E-state index in [-0.39, 0.29) is 11.0 Å². The SMILES string of the molecule is O=C(NC(=S)Nc1ccc2c(c1)OC(c1ccccc1)O2)c1sc2ccccc2c1Cl. The molecule has 0 saturated heterocycles. The minimum Gasteiger partial charge on any atom is -0.447 e. The van der Waals surface area contributed by atoms with Crippen LogP contribution in [-0.4, -0.2) is 11.0 Å². The molecule has 2 N–H and O–H groups in total. The molecule has 5 rings (SSSR count). The highest BCUT2D eigenvalue weighted by molar-refractivity contribution is 7.80. The Morgan fingerprint density at radius 3 is 2.52 bits per heavy atom. The molecule has 1 aliphatic rings. The maximum absolute atomic E-state index is 12.7. The Kier molecular flexibility index (Phi) is 5.23. The van der Waals surface area contributed by atoms with Crippen molar-refractivity contribution in [2.75, 3.05) is 5.32 Å². The summed E-state index contributed by atoms with van der Waals surface area (Å²) in [5.74, 6) is 0.889. The number of carbonyl (C=O) groups is 1. The molecule has 1 unspecified atom stereocenters. The Hall–Kier alpha value is -3.13. The lowest BCUT2D eigenvalue weighted by Gasteiger charge is -2.10. The fraction of sp³-hybridized carbons (Fsp3) is 0.0435. The number of amides is 1. The predicted molar refractivity (Wildman–Crippen MR) is 127 cm³/mol. The molecule has 0 spiro atoms. The molecule has 1 aromatic heterocycles. The number of rotatable bonds is 3. The van der Waals surface area contributed by atoms with Gasteiger partial charge in [-0.05, 0) is 30.4 Å². The van der Waals surface area contributed by atoms with Crippen molar-refractivity contribution in [1.29, 1.82) is 0 Å². The number of thiophene rings is 1. The van der Waals surface area contributed by atoms with E-state index in [0.717, 1.165) is 15.6 Å². The lowest BCUT2D eigenvalue weighted by Crippen LogP contribution is -2.33. The molecule has 2 heterocycles. The molecule has 8 heteroatoms. The summed E-state index contributed by atoms with van der Waals surface area (Å²) in [7, 11) is 0. The monoisotopic (exact) mass is 466 g/mol. The van der Waals surface area contributed by atoms with Crippen LogP contribution in [0.1, 0.15) is 21.5 Å². The van der Waals surface area contributed by atoms with E-state index in [0.29, 0.717) is 27.1 Å². The molecule has 0 fully saturated rings. The maximum atomic E-state index is 12.7. The van der Waals surface area contributed by atoms with Crippen molar-refractivity contribution in [2.45, 2.75) is 6.29 Å². The lowest BCUT2D eigenvalue weighted by molar-refractivity contribution is 0.0487. The zero-order chi connectivity index (χ0) is 21.4. The Morgan fingerprint density at radius 1 is 0.968 bits per heavy atom. The van der Waals surface area contributed by atoms with Gasteiger partial charge >= 0.3 is 0 Å². The van der Waals surface area contributed by atoms with Gasteiger partial charge in [-0.25, -0.2) is 0 Å². The summed E-state index contributed by atoms with van der Waals surface area (Å²) in [5, 5.41) is 7.13. The smallest absolute Gasteiger partial charge is 0.269 e. The summed E-state index contributed by atoms with van der Waals surface area (Å²) in [6.07, 6.45) is -0.492. The molecular formula is C23H15ClN2O3S2. The number of thiocarbonyl (C=S) groups is 1. The van der Waals surface area contributed by atoms with Gasteiger partial charge in [0.25, 0.3) is 12.2 Å². The Balaban J connectivity index is 1.26. The molecule has 31 heavy (non-hydrogen) atoms. The van der Waals surface area contributed by atoms with Gasteiger partial charge in [-0.3, -0.25) is 10.1 Å². The molecule has 5 nitrogen and oxygen atoms in total. The summed E-state index contributed by atoms with van der Waals surface area (Å²) in [5.41, 5.74) is 1.60. The molecule has 0 radical (unpaired) electrons. The highest BCUT2D eigenvalue weighted by Crippen LogP contribution is 2.42. The largest absolute Gasteiger partial charge is 0.447 e. The first-order chi connectivity index (χ1) is 15.1. The zero-order valence-corrected chi connectivity index (χ0v) is 18.3. The number of carbonyl (C=O) groups excluding carboxylic acids is 1. The molecule has 4 aromatic rings. The molecule has 1 amide bonds. The number of fused-ring (bicyclic) bond motifs is 2. The number of benzene rings is 3. The van der Waals surface area contributed by atoms with Crippen molar-refractivity contribution in [3.63, 3.8) is 0 Å². The van der Waals surface area contributed by atoms with E-state index >= 15 is 0 Å². The van der Waals surface area contributed by atoms with Crippen LogP contribution in [0.5, 0.6) is 11.5 Å². The third-order valence-corrected chi connectivity index (χ3v) is 6.59. The van der Waals surface area contributed by atoms with Crippen molar-refractivity contribution >= 4 is 61.9 Å². The zero-order valence-electron chi connectivity index (χ0n) is 15.9. The lowest BCUT2D eigenvalue weighted by atomic mass is 10.2. The number of ether oxygens (including phenoxy) is 2. The Morgan fingerprint density at radius 2 is 1.71 bits per heavy atom. The van der Waals surface area contributed by atoms with E-state index in [1.165, 1.54) is 11.3 Å². The van der Waals surface area contributed by atoms with E-state index in [2.05, 4.69) is 10.6 Å². The summed E-state index contributed by atoms with van der Waals surface area (Å²) in [6.45, 7) is 0. The van der Waals surface area contributed by atoms with Gasteiger partial charge in [-0.1, -0.05) is 60.1 Å². The summed E-state index contributed by atoms with van der Waals surface area (Å²) in [4.78, 5) is 13.1. The number of anilines is 1. The second-order valence-electron chi connectivity index (χ2n) is 6.79. The number of hydrogen-bond donors (Lipinski definition) is 2. The minimum atomic E-state index is -0.492. The molecule has 0 saturated carbocycles. The quantitative estimate of drug-likeness (QED) is 0.354.